The molecule has 0 saturated carbocycles. The van der Waals surface area contributed by atoms with Gasteiger partial charge in [-0.1, -0.05) is 12.2 Å². The van der Waals surface area contributed by atoms with Crippen molar-refractivity contribution >= 4 is 32.9 Å². The lowest BCUT2D eigenvalue weighted by molar-refractivity contribution is 0.601. The fraction of sp³-hybridized carbons (Fsp3) is 0.500. The molecular weight excluding hydrogens is 262 g/mol. The highest BCUT2D eigenvalue weighted by Crippen LogP contribution is 2.17. The van der Waals surface area contributed by atoms with E-state index in [1.54, 1.807) is 11.8 Å². The van der Waals surface area contributed by atoms with Crippen LogP contribution in [0.3, 0.4) is 0 Å². The molecule has 0 unspecified atom stereocenters. The van der Waals surface area contributed by atoms with Gasteiger partial charge in [0.15, 0.2) is 9.84 Å². The van der Waals surface area contributed by atoms with E-state index in [1.165, 1.54) is 17.6 Å². The van der Waals surface area contributed by atoms with Gasteiger partial charge >= 0.3 is 0 Å². The second-order valence-corrected chi connectivity index (χ2v) is 7.50. The first-order chi connectivity index (χ1) is 7.51. The van der Waals surface area contributed by atoms with Crippen molar-refractivity contribution in [1.82, 2.24) is 4.98 Å². The van der Waals surface area contributed by atoms with E-state index in [0.29, 0.717) is 5.01 Å². The number of thioether (sulfide) groups is 1. The van der Waals surface area contributed by atoms with E-state index < -0.39 is 9.84 Å². The van der Waals surface area contributed by atoms with Gasteiger partial charge in [0.2, 0.25) is 0 Å². The third-order valence-electron chi connectivity index (χ3n) is 1.68. The average molecular weight is 277 g/mol. The zero-order chi connectivity index (χ0) is 12.0. The van der Waals surface area contributed by atoms with E-state index in [0.717, 1.165) is 17.2 Å². The molecule has 0 aromatic carbocycles. The Labute approximate surface area is 105 Å². The van der Waals surface area contributed by atoms with Crippen molar-refractivity contribution in [2.75, 3.05) is 12.0 Å². The van der Waals surface area contributed by atoms with Gasteiger partial charge in [-0.25, -0.2) is 13.4 Å². The molecule has 3 nitrogen and oxygen atoms in total. The molecule has 0 atom stereocenters. The van der Waals surface area contributed by atoms with Gasteiger partial charge in [-0.05, 0) is 6.92 Å². The largest absolute Gasteiger partial charge is 0.244 e. The van der Waals surface area contributed by atoms with Crippen molar-refractivity contribution in [3.05, 3.63) is 28.2 Å². The van der Waals surface area contributed by atoms with Crippen LogP contribution in [0, 0.1) is 0 Å². The van der Waals surface area contributed by atoms with Crippen molar-refractivity contribution in [1.29, 1.82) is 0 Å². The molecule has 0 aliphatic carbocycles. The predicted molar refractivity (Wildman–Crippen MR) is 71.6 cm³/mol. The smallest absolute Gasteiger partial charge is 0.153 e. The van der Waals surface area contributed by atoms with Crippen LogP contribution in [0.4, 0.5) is 0 Å². The lowest BCUT2D eigenvalue weighted by Gasteiger charge is -1.94. The Morgan fingerprint density at radius 2 is 2.31 bits per heavy atom. The summed E-state index contributed by atoms with van der Waals surface area (Å²) < 4.78 is 22.1. The van der Waals surface area contributed by atoms with Gasteiger partial charge in [0.05, 0.1) is 5.69 Å². The summed E-state index contributed by atoms with van der Waals surface area (Å²) in [6.07, 6.45) is 5.34. The van der Waals surface area contributed by atoms with Crippen LogP contribution >= 0.6 is 23.1 Å². The highest BCUT2D eigenvalue weighted by Gasteiger charge is 2.08. The molecule has 16 heavy (non-hydrogen) atoms. The Morgan fingerprint density at radius 1 is 1.56 bits per heavy atom. The van der Waals surface area contributed by atoms with Crippen LogP contribution in [0.1, 0.15) is 17.6 Å². The number of sulfone groups is 1. The first-order valence-corrected chi connectivity index (χ1v) is 8.90. The minimum atomic E-state index is -2.96. The number of aromatic nitrogens is 1. The third-order valence-corrected chi connectivity index (χ3v) is 4.49. The van der Waals surface area contributed by atoms with Gasteiger partial charge in [-0.15, -0.1) is 11.3 Å². The summed E-state index contributed by atoms with van der Waals surface area (Å²) in [5.74, 6) is 1.86. The van der Waals surface area contributed by atoms with Gasteiger partial charge in [0, 0.05) is 23.1 Å². The van der Waals surface area contributed by atoms with Crippen molar-refractivity contribution in [3.63, 3.8) is 0 Å². The molecule has 0 amide bonds. The number of rotatable bonds is 6. The van der Waals surface area contributed by atoms with Crippen molar-refractivity contribution < 1.29 is 8.42 Å². The Morgan fingerprint density at radius 3 is 2.94 bits per heavy atom. The lowest BCUT2D eigenvalue weighted by atomic mass is 10.6. The quantitative estimate of drug-likeness (QED) is 0.592. The van der Waals surface area contributed by atoms with E-state index in [9.17, 15) is 8.42 Å². The maximum Gasteiger partial charge on any atom is 0.153 e. The van der Waals surface area contributed by atoms with Gasteiger partial charge in [-0.3, -0.25) is 0 Å². The number of allylic oxidation sites excluding steroid dienone is 1. The summed E-state index contributed by atoms with van der Waals surface area (Å²) >= 11 is 3.19. The van der Waals surface area contributed by atoms with Crippen LogP contribution in [-0.4, -0.2) is 25.4 Å². The molecule has 0 spiro atoms. The number of thiazole rings is 1. The highest BCUT2D eigenvalue weighted by atomic mass is 32.2. The average Bonchev–Trinajstić information content (AvgIpc) is 2.58. The fourth-order valence-electron chi connectivity index (χ4n) is 1.03. The molecule has 0 aliphatic rings. The minimum Gasteiger partial charge on any atom is -0.244 e. The SMILES string of the molecule is C/C=C/CSCc1csc(CS(C)(=O)=O)n1. The summed E-state index contributed by atoms with van der Waals surface area (Å²) in [5.41, 5.74) is 0.971. The van der Waals surface area contributed by atoms with E-state index in [-0.39, 0.29) is 5.75 Å². The molecule has 0 fully saturated rings. The Kier molecular flexibility index (Phi) is 5.51. The monoisotopic (exact) mass is 277 g/mol. The predicted octanol–water partition coefficient (Wildman–Crippen LogP) is 2.50. The number of hydrogen-bond donors (Lipinski definition) is 0. The molecule has 1 rings (SSSR count). The van der Waals surface area contributed by atoms with E-state index >= 15 is 0 Å². The topological polar surface area (TPSA) is 47.0 Å². The molecule has 0 radical (unpaired) electrons. The van der Waals surface area contributed by atoms with Gasteiger partial charge in [-0.2, -0.15) is 11.8 Å². The standard InChI is InChI=1S/C10H15NO2S3/c1-3-4-5-14-6-9-7-15-10(11-9)8-16(2,12)13/h3-4,7H,5-6,8H2,1-2H3/b4-3+. The van der Waals surface area contributed by atoms with Crippen LogP contribution in [-0.2, 0) is 21.3 Å². The molecule has 0 saturated heterocycles. The summed E-state index contributed by atoms with van der Waals surface area (Å²) in [6.45, 7) is 1.99. The van der Waals surface area contributed by atoms with E-state index in [2.05, 4.69) is 11.1 Å². The van der Waals surface area contributed by atoms with Crippen LogP contribution in [0.2, 0.25) is 0 Å². The Bertz CT molecular complexity index is 448. The summed E-state index contributed by atoms with van der Waals surface area (Å²) in [5, 5.41) is 2.62. The molecule has 6 heteroatoms. The maximum absolute atomic E-state index is 11.1. The molecule has 0 N–H and O–H groups in total. The van der Waals surface area contributed by atoms with Gasteiger partial charge in [0.25, 0.3) is 0 Å². The Balaban J connectivity index is 2.45. The zero-order valence-corrected chi connectivity index (χ0v) is 11.8. The third kappa shape index (κ3) is 5.67. The molecular formula is C10H15NO2S3. The summed E-state index contributed by atoms with van der Waals surface area (Å²) in [7, 11) is -2.96. The highest BCUT2D eigenvalue weighted by molar-refractivity contribution is 7.98. The van der Waals surface area contributed by atoms with Crippen molar-refractivity contribution in [3.8, 4) is 0 Å². The fourth-order valence-corrected chi connectivity index (χ4v) is 3.95. The zero-order valence-electron chi connectivity index (χ0n) is 9.34. The second-order valence-electron chi connectivity index (χ2n) is 3.39. The minimum absolute atomic E-state index is 0.0528. The molecule has 1 heterocycles. The van der Waals surface area contributed by atoms with Crippen LogP contribution in [0.5, 0.6) is 0 Å². The summed E-state index contributed by atoms with van der Waals surface area (Å²) in [4.78, 5) is 4.29. The van der Waals surface area contributed by atoms with Crippen LogP contribution < -0.4 is 0 Å². The van der Waals surface area contributed by atoms with E-state index in [4.69, 9.17) is 0 Å². The van der Waals surface area contributed by atoms with Crippen LogP contribution in [0.25, 0.3) is 0 Å². The molecule has 90 valence electrons. The van der Waals surface area contributed by atoms with Crippen molar-refractivity contribution in [2.24, 2.45) is 0 Å². The molecule has 0 aliphatic heterocycles. The van der Waals surface area contributed by atoms with Crippen molar-refractivity contribution in [2.45, 2.75) is 18.4 Å². The molecule has 1 aromatic rings. The first-order valence-electron chi connectivity index (χ1n) is 4.81. The summed E-state index contributed by atoms with van der Waals surface area (Å²) in [6, 6.07) is 0. The molecule has 1 aromatic heterocycles. The Hall–Kier alpha value is -0.330. The van der Waals surface area contributed by atoms with Gasteiger partial charge < -0.3 is 0 Å². The first kappa shape index (κ1) is 13.7. The maximum atomic E-state index is 11.1. The number of nitrogens with zero attached hydrogens (tertiary/aromatic N) is 1. The van der Waals surface area contributed by atoms with Crippen LogP contribution in [0.15, 0.2) is 17.5 Å². The second kappa shape index (κ2) is 6.42. The molecule has 0 bridgehead atoms. The number of hydrogen-bond acceptors (Lipinski definition) is 5. The normalized spacial score (nSPS) is 12.4. The van der Waals surface area contributed by atoms with Gasteiger partial charge in [0.1, 0.15) is 10.8 Å². The van der Waals surface area contributed by atoms with E-state index in [1.807, 2.05) is 18.4 Å². The lowest BCUT2D eigenvalue weighted by Crippen LogP contribution is -2.00.